The van der Waals surface area contributed by atoms with Crippen LogP contribution in [0.2, 0.25) is 0 Å². The number of pyridine rings is 1. The van der Waals surface area contributed by atoms with Crippen LogP contribution in [-0.2, 0) is 10.0 Å². The number of nitrogens with zero attached hydrogens (tertiary/aromatic N) is 3. The average molecular weight is 553 g/mol. The predicted octanol–water partition coefficient (Wildman–Crippen LogP) is 5.49. The molecule has 0 radical (unpaired) electrons. The summed E-state index contributed by atoms with van der Waals surface area (Å²) in [5, 5.41) is 8.16. The van der Waals surface area contributed by atoms with E-state index in [0.717, 1.165) is 12.1 Å². The number of aromatic nitrogens is 3. The van der Waals surface area contributed by atoms with Crippen molar-refractivity contribution in [2.45, 2.75) is 20.8 Å². The van der Waals surface area contributed by atoms with Crippen LogP contribution in [-0.4, -0.2) is 28.9 Å². The lowest BCUT2D eigenvalue weighted by atomic mass is 10.1. The van der Waals surface area contributed by atoms with Crippen molar-refractivity contribution in [3.05, 3.63) is 94.1 Å². The van der Waals surface area contributed by atoms with Gasteiger partial charge in [0.05, 0.1) is 22.6 Å². The van der Waals surface area contributed by atoms with E-state index in [1.807, 2.05) is 0 Å². The normalized spacial score (nSPS) is 11.6. The number of fused-ring (bicyclic) bond motifs is 1. The van der Waals surface area contributed by atoms with E-state index in [1.54, 1.807) is 42.8 Å². The highest BCUT2D eigenvalue weighted by atomic mass is 32.2. The summed E-state index contributed by atoms with van der Waals surface area (Å²) in [4.78, 5) is 13.2. The van der Waals surface area contributed by atoms with Gasteiger partial charge >= 0.3 is 0 Å². The van der Waals surface area contributed by atoms with Crippen LogP contribution in [0.25, 0.3) is 28.0 Å². The molecule has 5 aromatic rings. The van der Waals surface area contributed by atoms with E-state index in [-0.39, 0.29) is 34.3 Å². The molecule has 2 heterocycles. The third-order valence-corrected chi connectivity index (χ3v) is 7.25. The molecule has 0 aliphatic rings. The molecule has 3 aromatic carbocycles. The fraction of sp³-hybridized carbons (Fsp3) is 0.148. The van der Waals surface area contributed by atoms with E-state index in [4.69, 9.17) is 9.15 Å². The summed E-state index contributed by atoms with van der Waals surface area (Å²) in [7, 11) is -3.62. The lowest BCUT2D eigenvalue weighted by Crippen LogP contribution is -2.15. The molecule has 0 unspecified atom stereocenters. The molecule has 0 saturated carbocycles. The Hall–Kier alpha value is -4.58. The third kappa shape index (κ3) is 5.23. The summed E-state index contributed by atoms with van der Waals surface area (Å²) in [6.45, 7) is 4.78. The molecular formula is C27H22F2N4O5S. The van der Waals surface area contributed by atoms with Gasteiger partial charge in [-0.2, -0.15) is 0 Å². The van der Waals surface area contributed by atoms with Crippen molar-refractivity contribution >= 4 is 26.6 Å². The summed E-state index contributed by atoms with van der Waals surface area (Å²) >= 11 is 0. The summed E-state index contributed by atoms with van der Waals surface area (Å²) in [6, 6.07) is 12.3. The van der Waals surface area contributed by atoms with E-state index in [9.17, 15) is 22.0 Å². The molecule has 0 aliphatic heterocycles. The van der Waals surface area contributed by atoms with E-state index in [1.165, 1.54) is 25.1 Å². The maximum atomic E-state index is 14.5. The summed E-state index contributed by atoms with van der Waals surface area (Å²) in [5.74, 6) is -1.34. The maximum absolute atomic E-state index is 14.5. The number of sulfonamides is 1. The molecule has 0 atom stereocenters. The van der Waals surface area contributed by atoms with Crippen LogP contribution in [0, 0.1) is 25.5 Å². The number of hydrogen-bond acceptors (Lipinski definition) is 7. The first kappa shape index (κ1) is 26.0. The first-order chi connectivity index (χ1) is 18.5. The van der Waals surface area contributed by atoms with Gasteiger partial charge in [-0.1, -0.05) is 0 Å². The van der Waals surface area contributed by atoms with Crippen molar-refractivity contribution in [2.24, 2.45) is 0 Å². The molecule has 1 N–H and O–H groups in total. The summed E-state index contributed by atoms with van der Waals surface area (Å²) in [6.07, 6.45) is 1.57. The molecule has 9 nitrogen and oxygen atoms in total. The van der Waals surface area contributed by atoms with Gasteiger partial charge in [-0.15, -0.1) is 10.2 Å². The van der Waals surface area contributed by atoms with Gasteiger partial charge in [-0.25, -0.2) is 17.2 Å². The Morgan fingerprint density at radius 1 is 1.00 bits per heavy atom. The molecule has 0 spiro atoms. The second-order valence-electron chi connectivity index (χ2n) is 8.73. The van der Waals surface area contributed by atoms with E-state index < -0.39 is 21.7 Å². The fourth-order valence-electron chi connectivity index (χ4n) is 3.99. The molecule has 0 fully saturated rings. The molecular weight excluding hydrogens is 530 g/mol. The lowest BCUT2D eigenvalue weighted by Gasteiger charge is -2.19. The van der Waals surface area contributed by atoms with Gasteiger partial charge in [0.25, 0.3) is 0 Å². The van der Waals surface area contributed by atoms with Gasteiger partial charge in [-0.3, -0.25) is 9.52 Å². The largest absolute Gasteiger partial charge is 0.452 e. The van der Waals surface area contributed by atoms with Crippen molar-refractivity contribution in [3.8, 4) is 28.6 Å². The number of halogens is 2. The highest BCUT2D eigenvalue weighted by Crippen LogP contribution is 2.35. The van der Waals surface area contributed by atoms with Gasteiger partial charge in [-0.05, 0) is 62.4 Å². The van der Waals surface area contributed by atoms with E-state index in [0.29, 0.717) is 39.7 Å². The van der Waals surface area contributed by atoms with Crippen LogP contribution in [0.5, 0.6) is 11.5 Å². The van der Waals surface area contributed by atoms with E-state index >= 15 is 0 Å². The molecule has 0 amide bonds. The minimum absolute atomic E-state index is 0.126. The van der Waals surface area contributed by atoms with Crippen molar-refractivity contribution in [3.63, 3.8) is 0 Å². The zero-order valence-electron chi connectivity index (χ0n) is 21.0. The minimum atomic E-state index is -3.62. The minimum Gasteiger partial charge on any atom is -0.452 e. The molecule has 200 valence electrons. The Bertz CT molecular complexity index is 1900. The first-order valence-electron chi connectivity index (χ1n) is 11.8. The van der Waals surface area contributed by atoms with Crippen LogP contribution in [0.4, 0.5) is 14.5 Å². The van der Waals surface area contributed by atoms with Crippen molar-refractivity contribution in [2.75, 3.05) is 10.5 Å². The summed E-state index contributed by atoms with van der Waals surface area (Å²) in [5.41, 5.74) is 1.64. The first-order valence-corrected chi connectivity index (χ1v) is 13.4. The Labute approximate surface area is 221 Å². The third-order valence-electron chi connectivity index (χ3n) is 5.94. The Kier molecular flexibility index (Phi) is 6.64. The van der Waals surface area contributed by atoms with Crippen LogP contribution < -0.4 is 14.9 Å². The number of ether oxygens (including phenoxy) is 1. The SMILES string of the molecule is CCS(=O)(=O)Nc1ccc(Oc2ccc(F)cc2F)c(-n2cc(C)c(=O)c3cc(-c4nnc(C)o4)ccc32)c1. The topological polar surface area (TPSA) is 116 Å². The van der Waals surface area contributed by atoms with Crippen molar-refractivity contribution in [1.29, 1.82) is 0 Å². The lowest BCUT2D eigenvalue weighted by molar-refractivity contribution is 0.436. The van der Waals surface area contributed by atoms with Gasteiger partial charge in [0.15, 0.2) is 22.7 Å². The number of hydrogen-bond donors (Lipinski definition) is 1. The Balaban J connectivity index is 1.73. The molecule has 39 heavy (non-hydrogen) atoms. The van der Waals surface area contributed by atoms with Crippen LogP contribution in [0.1, 0.15) is 18.4 Å². The maximum Gasteiger partial charge on any atom is 0.247 e. The van der Waals surface area contributed by atoms with Crippen LogP contribution in [0.3, 0.4) is 0 Å². The van der Waals surface area contributed by atoms with Gasteiger partial charge in [0.1, 0.15) is 5.82 Å². The number of rotatable bonds is 7. The highest BCUT2D eigenvalue weighted by Gasteiger charge is 2.18. The van der Waals surface area contributed by atoms with Crippen molar-refractivity contribution < 1.29 is 26.4 Å². The number of aryl methyl sites for hydroxylation is 2. The molecule has 2 aromatic heterocycles. The smallest absolute Gasteiger partial charge is 0.247 e. The number of nitrogens with one attached hydrogen (secondary N) is 1. The number of anilines is 1. The van der Waals surface area contributed by atoms with Gasteiger partial charge in [0, 0.05) is 35.7 Å². The molecule has 0 saturated heterocycles. The molecule has 5 rings (SSSR count). The zero-order chi connectivity index (χ0) is 27.9. The zero-order valence-corrected chi connectivity index (χ0v) is 21.8. The van der Waals surface area contributed by atoms with Crippen LogP contribution in [0.15, 0.2) is 70.0 Å². The molecule has 12 heteroatoms. The second kappa shape index (κ2) is 9.95. The molecule has 0 aliphatic carbocycles. The van der Waals surface area contributed by atoms with E-state index in [2.05, 4.69) is 14.9 Å². The van der Waals surface area contributed by atoms with Crippen molar-refractivity contribution in [1.82, 2.24) is 14.8 Å². The van der Waals surface area contributed by atoms with Gasteiger partial charge < -0.3 is 13.7 Å². The fourth-order valence-corrected chi connectivity index (χ4v) is 4.62. The molecule has 0 bridgehead atoms. The Morgan fingerprint density at radius 2 is 1.77 bits per heavy atom. The standard InChI is InChI=1S/C27H22F2N4O5S/c1-4-39(35,36)32-19-7-10-25(38-24-9-6-18(28)12-21(24)29)23(13-19)33-14-15(2)26(34)20-11-17(5-8-22(20)33)27-31-30-16(3)37-27/h5-14,32H,4H2,1-3H3. The highest BCUT2D eigenvalue weighted by molar-refractivity contribution is 7.92. The average Bonchev–Trinajstić information content (AvgIpc) is 3.34. The second-order valence-corrected chi connectivity index (χ2v) is 10.7. The quantitative estimate of drug-likeness (QED) is 0.284. The summed E-state index contributed by atoms with van der Waals surface area (Å²) < 4.78 is 67.9. The van der Waals surface area contributed by atoms with Crippen LogP contribution >= 0.6 is 0 Å². The van der Waals surface area contributed by atoms with Gasteiger partial charge in [0.2, 0.25) is 21.8 Å². The Morgan fingerprint density at radius 3 is 2.46 bits per heavy atom. The number of benzene rings is 3. The monoisotopic (exact) mass is 552 g/mol. The predicted molar refractivity (Wildman–Crippen MR) is 142 cm³/mol.